The third-order valence-corrected chi connectivity index (χ3v) is 2.23. The van der Waals surface area contributed by atoms with Crippen molar-refractivity contribution in [2.75, 3.05) is 20.3 Å². The van der Waals surface area contributed by atoms with E-state index in [-0.39, 0.29) is 13.2 Å². The Morgan fingerprint density at radius 1 is 1.38 bits per heavy atom. The fourth-order valence-corrected chi connectivity index (χ4v) is 1.44. The zero-order chi connectivity index (χ0) is 12.0. The molecule has 0 saturated heterocycles. The van der Waals surface area contributed by atoms with Gasteiger partial charge in [-0.25, -0.2) is 0 Å². The maximum atomic E-state index is 9.45. The van der Waals surface area contributed by atoms with Gasteiger partial charge in [0.05, 0.1) is 6.61 Å². The molecule has 0 saturated carbocycles. The lowest BCUT2D eigenvalue weighted by atomic mass is 10.1. The summed E-state index contributed by atoms with van der Waals surface area (Å²) < 4.78 is 10.3. The minimum absolute atomic E-state index is 0.212. The SMILES string of the molecule is COCC(O)COc1ccc(C)cc1CN. The molecule has 1 rings (SSSR count). The Bertz CT molecular complexity index is 328. The summed E-state index contributed by atoms with van der Waals surface area (Å²) in [6.07, 6.45) is -0.614. The zero-order valence-corrected chi connectivity index (χ0v) is 9.77. The first kappa shape index (κ1) is 13.0. The van der Waals surface area contributed by atoms with E-state index < -0.39 is 6.10 Å². The Hall–Kier alpha value is -1.10. The predicted molar refractivity (Wildman–Crippen MR) is 62.4 cm³/mol. The van der Waals surface area contributed by atoms with E-state index in [9.17, 15) is 5.11 Å². The second-order valence-electron chi connectivity index (χ2n) is 3.74. The van der Waals surface area contributed by atoms with E-state index in [0.29, 0.717) is 6.54 Å². The van der Waals surface area contributed by atoms with Gasteiger partial charge in [0.2, 0.25) is 0 Å². The molecule has 3 N–H and O–H groups in total. The summed E-state index contributed by atoms with van der Waals surface area (Å²) in [7, 11) is 1.54. The molecule has 0 aliphatic carbocycles. The van der Waals surface area contributed by atoms with E-state index in [1.165, 1.54) is 0 Å². The van der Waals surface area contributed by atoms with Crippen LogP contribution in [-0.2, 0) is 11.3 Å². The van der Waals surface area contributed by atoms with Crippen LogP contribution >= 0.6 is 0 Å². The van der Waals surface area contributed by atoms with Gasteiger partial charge in [0, 0.05) is 19.2 Å². The molecule has 1 aromatic carbocycles. The van der Waals surface area contributed by atoms with Gasteiger partial charge >= 0.3 is 0 Å². The molecule has 16 heavy (non-hydrogen) atoms. The van der Waals surface area contributed by atoms with Gasteiger partial charge in [0.25, 0.3) is 0 Å². The Balaban J connectivity index is 2.59. The first-order chi connectivity index (χ1) is 7.67. The van der Waals surface area contributed by atoms with Gasteiger partial charge < -0.3 is 20.3 Å². The van der Waals surface area contributed by atoms with Crippen LogP contribution in [0.1, 0.15) is 11.1 Å². The number of aliphatic hydroxyl groups is 1. The summed E-state index contributed by atoms with van der Waals surface area (Å²) in [6.45, 7) is 2.91. The highest BCUT2D eigenvalue weighted by Crippen LogP contribution is 2.19. The summed E-state index contributed by atoms with van der Waals surface area (Å²) in [4.78, 5) is 0. The number of aryl methyl sites for hydroxylation is 1. The van der Waals surface area contributed by atoms with Crippen molar-refractivity contribution in [3.05, 3.63) is 29.3 Å². The maximum absolute atomic E-state index is 9.45. The molecule has 0 aromatic heterocycles. The highest BCUT2D eigenvalue weighted by Gasteiger charge is 2.07. The van der Waals surface area contributed by atoms with Crippen molar-refractivity contribution < 1.29 is 14.6 Å². The van der Waals surface area contributed by atoms with E-state index in [0.717, 1.165) is 16.9 Å². The van der Waals surface area contributed by atoms with Crippen LogP contribution in [0.3, 0.4) is 0 Å². The monoisotopic (exact) mass is 225 g/mol. The third-order valence-electron chi connectivity index (χ3n) is 2.23. The molecule has 90 valence electrons. The largest absolute Gasteiger partial charge is 0.490 e. The molecule has 1 unspecified atom stereocenters. The van der Waals surface area contributed by atoms with Crippen molar-refractivity contribution in [2.45, 2.75) is 19.6 Å². The van der Waals surface area contributed by atoms with Crippen molar-refractivity contribution in [1.29, 1.82) is 0 Å². The number of benzene rings is 1. The number of rotatable bonds is 6. The van der Waals surface area contributed by atoms with E-state index >= 15 is 0 Å². The molecule has 0 radical (unpaired) electrons. The molecular formula is C12H19NO3. The van der Waals surface area contributed by atoms with Crippen LogP contribution in [0.15, 0.2) is 18.2 Å². The fraction of sp³-hybridized carbons (Fsp3) is 0.500. The number of hydrogen-bond acceptors (Lipinski definition) is 4. The van der Waals surface area contributed by atoms with Gasteiger partial charge in [-0.1, -0.05) is 17.7 Å². The Labute approximate surface area is 96.0 Å². The Kier molecular flexibility index (Phi) is 5.25. The lowest BCUT2D eigenvalue weighted by molar-refractivity contribution is 0.0323. The molecule has 0 heterocycles. The van der Waals surface area contributed by atoms with Gasteiger partial charge in [-0.2, -0.15) is 0 Å². The van der Waals surface area contributed by atoms with Crippen molar-refractivity contribution >= 4 is 0 Å². The minimum Gasteiger partial charge on any atom is -0.490 e. The van der Waals surface area contributed by atoms with E-state index in [4.69, 9.17) is 15.2 Å². The molecule has 4 nitrogen and oxygen atoms in total. The topological polar surface area (TPSA) is 64.7 Å². The lowest BCUT2D eigenvalue weighted by Gasteiger charge is -2.14. The highest BCUT2D eigenvalue weighted by atomic mass is 16.5. The van der Waals surface area contributed by atoms with E-state index in [2.05, 4.69) is 0 Å². The summed E-state index contributed by atoms with van der Waals surface area (Å²) >= 11 is 0. The number of methoxy groups -OCH3 is 1. The minimum atomic E-state index is -0.614. The molecule has 0 aliphatic rings. The number of hydrogen-bond donors (Lipinski definition) is 2. The average Bonchev–Trinajstić information content (AvgIpc) is 2.27. The molecular weight excluding hydrogens is 206 g/mol. The smallest absolute Gasteiger partial charge is 0.123 e. The fourth-order valence-electron chi connectivity index (χ4n) is 1.44. The molecule has 0 spiro atoms. The van der Waals surface area contributed by atoms with Crippen LogP contribution in [0.4, 0.5) is 0 Å². The van der Waals surface area contributed by atoms with Crippen LogP contribution in [-0.4, -0.2) is 31.5 Å². The number of ether oxygens (including phenoxy) is 2. The first-order valence-corrected chi connectivity index (χ1v) is 5.26. The predicted octanol–water partition coefficient (Wildman–Crippen LogP) is 0.840. The van der Waals surface area contributed by atoms with Crippen molar-refractivity contribution in [3.8, 4) is 5.75 Å². The van der Waals surface area contributed by atoms with E-state index in [1.54, 1.807) is 7.11 Å². The summed E-state index contributed by atoms with van der Waals surface area (Å²) in [6, 6.07) is 5.81. The summed E-state index contributed by atoms with van der Waals surface area (Å²) in [5.74, 6) is 0.725. The van der Waals surface area contributed by atoms with Crippen molar-refractivity contribution in [2.24, 2.45) is 5.73 Å². The summed E-state index contributed by atoms with van der Waals surface area (Å²) in [5, 5.41) is 9.45. The van der Waals surface area contributed by atoms with Crippen LogP contribution < -0.4 is 10.5 Å². The van der Waals surface area contributed by atoms with Crippen LogP contribution in [0.25, 0.3) is 0 Å². The molecule has 0 aliphatic heterocycles. The molecule has 0 fully saturated rings. The Morgan fingerprint density at radius 3 is 2.75 bits per heavy atom. The quantitative estimate of drug-likeness (QED) is 0.753. The normalized spacial score (nSPS) is 12.5. The second-order valence-corrected chi connectivity index (χ2v) is 3.74. The zero-order valence-electron chi connectivity index (χ0n) is 9.77. The van der Waals surface area contributed by atoms with E-state index in [1.807, 2.05) is 25.1 Å². The first-order valence-electron chi connectivity index (χ1n) is 5.26. The molecule has 4 heteroatoms. The number of nitrogens with two attached hydrogens (primary N) is 1. The Morgan fingerprint density at radius 2 is 2.12 bits per heavy atom. The number of aliphatic hydroxyl groups excluding tert-OH is 1. The third kappa shape index (κ3) is 3.81. The second kappa shape index (κ2) is 6.48. The van der Waals surface area contributed by atoms with Gasteiger partial charge in [0.15, 0.2) is 0 Å². The molecule has 1 atom stereocenters. The van der Waals surface area contributed by atoms with Crippen molar-refractivity contribution in [1.82, 2.24) is 0 Å². The lowest BCUT2D eigenvalue weighted by Crippen LogP contribution is -2.23. The van der Waals surface area contributed by atoms with Gasteiger partial charge in [-0.15, -0.1) is 0 Å². The van der Waals surface area contributed by atoms with Gasteiger partial charge in [-0.3, -0.25) is 0 Å². The van der Waals surface area contributed by atoms with Gasteiger partial charge in [0.1, 0.15) is 18.5 Å². The van der Waals surface area contributed by atoms with Gasteiger partial charge in [-0.05, 0) is 13.0 Å². The van der Waals surface area contributed by atoms with Crippen LogP contribution in [0.2, 0.25) is 0 Å². The maximum Gasteiger partial charge on any atom is 0.123 e. The standard InChI is InChI=1S/C12H19NO3/c1-9-3-4-12(10(5-9)6-13)16-8-11(14)7-15-2/h3-5,11,14H,6-8,13H2,1-2H3. The molecule has 0 amide bonds. The summed E-state index contributed by atoms with van der Waals surface area (Å²) in [5.41, 5.74) is 7.71. The highest BCUT2D eigenvalue weighted by molar-refractivity contribution is 5.36. The molecule has 0 bridgehead atoms. The molecule has 1 aromatic rings. The van der Waals surface area contributed by atoms with Crippen molar-refractivity contribution in [3.63, 3.8) is 0 Å². The van der Waals surface area contributed by atoms with Crippen LogP contribution in [0, 0.1) is 6.92 Å². The average molecular weight is 225 g/mol. The van der Waals surface area contributed by atoms with Crippen LogP contribution in [0.5, 0.6) is 5.75 Å².